The van der Waals surface area contributed by atoms with Crippen molar-refractivity contribution >= 4 is 28.2 Å². The van der Waals surface area contributed by atoms with Crippen LogP contribution in [0.2, 0.25) is 5.02 Å². The van der Waals surface area contributed by atoms with Gasteiger partial charge in [0.05, 0.1) is 10.5 Å². The van der Waals surface area contributed by atoms with Crippen LogP contribution in [0.25, 0.3) is 16.6 Å². The molecule has 0 aliphatic heterocycles. The van der Waals surface area contributed by atoms with Gasteiger partial charge in [0.2, 0.25) is 0 Å². The van der Waals surface area contributed by atoms with Crippen molar-refractivity contribution in [3.8, 4) is 0 Å². The van der Waals surface area contributed by atoms with Crippen LogP contribution in [0.4, 0.5) is 0 Å². The molecule has 0 fully saturated rings. The minimum absolute atomic E-state index is 0.794. The quantitative estimate of drug-likeness (QED) is 0.762. The van der Waals surface area contributed by atoms with E-state index in [2.05, 4.69) is 42.0 Å². The van der Waals surface area contributed by atoms with Gasteiger partial charge >= 0.3 is 0 Å². The zero-order valence-corrected chi connectivity index (χ0v) is 15.0. The highest BCUT2D eigenvalue weighted by molar-refractivity contribution is 6.36. The topological polar surface area (TPSA) is 37.0 Å². The molecule has 1 aromatic heterocycles. The van der Waals surface area contributed by atoms with E-state index in [0.717, 1.165) is 58.8 Å². The maximum Gasteiger partial charge on any atom is 0.0727 e. The second kappa shape index (κ2) is 7.27. The number of rotatable bonds is 6. The Morgan fingerprint density at radius 3 is 2.71 bits per heavy atom. The lowest BCUT2D eigenvalue weighted by molar-refractivity contribution is 0.671. The number of aryl methyl sites for hydroxylation is 1. The summed E-state index contributed by atoms with van der Waals surface area (Å²) in [7, 11) is 0. The van der Waals surface area contributed by atoms with Crippen molar-refractivity contribution in [3.63, 3.8) is 0 Å². The van der Waals surface area contributed by atoms with Gasteiger partial charge in [-0.3, -0.25) is 4.98 Å². The Kier molecular flexibility index (Phi) is 5.10. The van der Waals surface area contributed by atoms with Crippen LogP contribution in [-0.4, -0.2) is 18.1 Å². The number of nitrogens with zero attached hydrogens (tertiary/aromatic N) is 1. The van der Waals surface area contributed by atoms with Crippen LogP contribution < -0.4 is 10.6 Å². The van der Waals surface area contributed by atoms with Crippen molar-refractivity contribution in [2.24, 2.45) is 0 Å². The van der Waals surface area contributed by atoms with E-state index in [1.165, 1.54) is 24.1 Å². The van der Waals surface area contributed by atoms with Gasteiger partial charge in [0.15, 0.2) is 0 Å². The van der Waals surface area contributed by atoms with Gasteiger partial charge in [-0.2, -0.15) is 0 Å². The summed E-state index contributed by atoms with van der Waals surface area (Å²) >= 11 is 6.63. The number of allylic oxidation sites excluding steroid dienone is 1. The highest BCUT2D eigenvalue weighted by atomic mass is 35.5. The molecule has 0 atom stereocenters. The molecule has 0 amide bonds. The molecule has 0 spiro atoms. The second-order valence-corrected chi connectivity index (χ2v) is 6.78. The normalized spacial score (nSPS) is 13.4. The Morgan fingerprint density at radius 1 is 1.17 bits per heavy atom. The maximum atomic E-state index is 6.63. The minimum Gasteiger partial charge on any atom is -0.387 e. The summed E-state index contributed by atoms with van der Waals surface area (Å²) in [4.78, 5) is 4.86. The van der Waals surface area contributed by atoms with Gasteiger partial charge in [0.1, 0.15) is 0 Å². The predicted molar refractivity (Wildman–Crippen MR) is 103 cm³/mol. The smallest absolute Gasteiger partial charge is 0.0727 e. The average Bonchev–Trinajstić information content (AvgIpc) is 2.58. The molecule has 4 heteroatoms. The Morgan fingerprint density at radius 2 is 1.92 bits per heavy atom. The molecule has 1 aliphatic rings. The summed E-state index contributed by atoms with van der Waals surface area (Å²) in [6, 6.07) is 6.21. The molecule has 1 aliphatic carbocycles. The fourth-order valence-corrected chi connectivity index (χ4v) is 3.51. The zero-order chi connectivity index (χ0) is 17.1. The molecule has 0 radical (unpaired) electrons. The maximum absolute atomic E-state index is 6.63. The molecule has 0 saturated heterocycles. The molecular formula is C20H24ClN3. The van der Waals surface area contributed by atoms with Crippen molar-refractivity contribution < 1.29 is 0 Å². The molecule has 3 rings (SSSR count). The largest absolute Gasteiger partial charge is 0.387 e. The molecule has 24 heavy (non-hydrogen) atoms. The van der Waals surface area contributed by atoms with Crippen molar-refractivity contribution in [2.45, 2.75) is 32.6 Å². The third-order valence-electron chi connectivity index (χ3n) is 4.43. The first kappa shape index (κ1) is 16.8. The lowest BCUT2D eigenvalue weighted by Crippen LogP contribution is -2.24. The highest BCUT2D eigenvalue weighted by Gasteiger charge is 2.17. The summed E-state index contributed by atoms with van der Waals surface area (Å²) in [6.45, 7) is 11.5. The second-order valence-electron chi connectivity index (χ2n) is 6.40. The number of pyridine rings is 1. The van der Waals surface area contributed by atoms with E-state index in [9.17, 15) is 0 Å². The summed E-state index contributed by atoms with van der Waals surface area (Å²) in [6.07, 6.45) is 4.48. The number of aromatic nitrogens is 1. The fourth-order valence-electron chi connectivity index (χ4n) is 3.15. The zero-order valence-electron chi connectivity index (χ0n) is 14.2. The summed E-state index contributed by atoms with van der Waals surface area (Å²) in [5.41, 5.74) is 6.29. The van der Waals surface area contributed by atoms with E-state index in [0.29, 0.717) is 0 Å². The van der Waals surface area contributed by atoms with E-state index in [-0.39, 0.29) is 0 Å². The first-order valence-electron chi connectivity index (χ1n) is 8.50. The molecule has 3 nitrogen and oxygen atoms in total. The highest BCUT2D eigenvalue weighted by Crippen LogP contribution is 2.33. The molecule has 0 saturated carbocycles. The van der Waals surface area contributed by atoms with Crippen LogP contribution in [0.3, 0.4) is 0 Å². The van der Waals surface area contributed by atoms with Gasteiger partial charge < -0.3 is 10.6 Å². The first-order chi connectivity index (χ1) is 11.6. The lowest BCUT2D eigenvalue weighted by atomic mass is 9.94. The molecule has 2 aromatic rings. The van der Waals surface area contributed by atoms with Crippen LogP contribution in [0.5, 0.6) is 0 Å². The SMILES string of the molecule is C=C(C)NCCNC(=C)c1ccc2c(Cl)c3c(nc2c1)CCCC3. The van der Waals surface area contributed by atoms with E-state index >= 15 is 0 Å². The molecule has 2 N–H and O–H groups in total. The van der Waals surface area contributed by atoms with Gasteiger partial charge in [0.25, 0.3) is 0 Å². The summed E-state index contributed by atoms with van der Waals surface area (Å²) in [5, 5.41) is 8.45. The van der Waals surface area contributed by atoms with Gasteiger partial charge in [-0.15, -0.1) is 0 Å². The summed E-state index contributed by atoms with van der Waals surface area (Å²) < 4.78 is 0. The van der Waals surface area contributed by atoms with Crippen molar-refractivity contribution in [2.75, 3.05) is 13.1 Å². The molecule has 0 unspecified atom stereocenters. The third-order valence-corrected chi connectivity index (χ3v) is 4.86. The van der Waals surface area contributed by atoms with Crippen molar-refractivity contribution in [1.82, 2.24) is 15.6 Å². The number of benzene rings is 1. The number of hydrogen-bond donors (Lipinski definition) is 2. The van der Waals surface area contributed by atoms with Crippen LogP contribution in [0.1, 0.15) is 36.6 Å². The fraction of sp³-hybridized carbons (Fsp3) is 0.350. The Bertz CT molecular complexity index is 795. The predicted octanol–water partition coefficient (Wildman–Crippen LogP) is 4.45. The summed E-state index contributed by atoms with van der Waals surface area (Å²) in [5.74, 6) is 0. The van der Waals surface area contributed by atoms with Crippen LogP contribution in [0.15, 0.2) is 37.1 Å². The number of halogens is 1. The van der Waals surface area contributed by atoms with E-state index < -0.39 is 0 Å². The van der Waals surface area contributed by atoms with Crippen molar-refractivity contribution in [3.05, 3.63) is 58.9 Å². The van der Waals surface area contributed by atoms with Crippen LogP contribution >= 0.6 is 11.6 Å². The van der Waals surface area contributed by atoms with E-state index in [1.807, 2.05) is 6.92 Å². The Labute approximate surface area is 148 Å². The molecule has 1 heterocycles. The van der Waals surface area contributed by atoms with Gasteiger partial charge in [0, 0.05) is 35.6 Å². The minimum atomic E-state index is 0.794. The number of fused-ring (bicyclic) bond motifs is 2. The van der Waals surface area contributed by atoms with E-state index in [4.69, 9.17) is 16.6 Å². The number of nitrogens with one attached hydrogen (secondary N) is 2. The van der Waals surface area contributed by atoms with E-state index in [1.54, 1.807) is 0 Å². The van der Waals surface area contributed by atoms with Crippen molar-refractivity contribution in [1.29, 1.82) is 0 Å². The number of hydrogen-bond acceptors (Lipinski definition) is 3. The molecule has 126 valence electrons. The van der Waals surface area contributed by atoms with Gasteiger partial charge in [-0.05, 0) is 49.8 Å². The third kappa shape index (κ3) is 3.57. The molecule has 1 aromatic carbocycles. The van der Waals surface area contributed by atoms with Gasteiger partial charge in [-0.25, -0.2) is 0 Å². The standard InChI is InChI=1S/C20H24ClN3/c1-13(2)22-10-11-23-14(3)15-8-9-17-19(12-15)24-18-7-5-4-6-16(18)20(17)21/h8-9,12,22-23H,1,3-7,10-11H2,2H3. The average molecular weight is 342 g/mol. The molecule has 0 bridgehead atoms. The first-order valence-corrected chi connectivity index (χ1v) is 8.87. The molecular weight excluding hydrogens is 318 g/mol. The van der Waals surface area contributed by atoms with Gasteiger partial charge in [-0.1, -0.05) is 36.9 Å². The van der Waals surface area contributed by atoms with Crippen LogP contribution in [0, 0.1) is 0 Å². The Balaban J connectivity index is 1.80. The lowest BCUT2D eigenvalue weighted by Gasteiger charge is -2.18. The monoisotopic (exact) mass is 341 g/mol. The Hall–Kier alpha value is -2.00. The van der Waals surface area contributed by atoms with Crippen LogP contribution in [-0.2, 0) is 12.8 Å².